The van der Waals surface area contributed by atoms with Crippen molar-refractivity contribution in [3.05, 3.63) is 58.9 Å². The molecule has 0 atom stereocenters. The van der Waals surface area contributed by atoms with E-state index in [1.807, 2.05) is 30.3 Å². The third kappa shape index (κ3) is 2.99. The summed E-state index contributed by atoms with van der Waals surface area (Å²) in [5.74, 6) is -0.753. The Morgan fingerprint density at radius 1 is 1.22 bits per heavy atom. The molecule has 2 aromatic rings. The second kappa shape index (κ2) is 5.51. The molecule has 0 fully saturated rings. The Labute approximate surface area is 109 Å². The maximum absolute atomic E-state index is 10.7. The Morgan fingerprint density at radius 2 is 1.94 bits per heavy atom. The van der Waals surface area contributed by atoms with Crippen LogP contribution in [-0.2, 0) is 6.61 Å². The molecule has 0 aliphatic rings. The van der Waals surface area contributed by atoms with Gasteiger partial charge in [-0.1, -0.05) is 41.9 Å². The van der Waals surface area contributed by atoms with Gasteiger partial charge in [-0.15, -0.1) is 0 Å². The van der Waals surface area contributed by atoms with Crippen molar-refractivity contribution >= 4 is 17.6 Å². The molecule has 4 nitrogen and oxygen atoms in total. The largest absolute Gasteiger partial charge is 0.486 e. The highest BCUT2D eigenvalue weighted by atomic mass is 35.5. The summed E-state index contributed by atoms with van der Waals surface area (Å²) in [6.45, 7) is 0.356. The molecule has 0 saturated heterocycles. The number of carboxylic acids is 1. The molecule has 1 aromatic heterocycles. The molecule has 1 heterocycles. The molecule has 0 saturated carbocycles. The maximum Gasteiger partial charge on any atom is 0.354 e. The zero-order valence-corrected chi connectivity index (χ0v) is 10.1. The van der Waals surface area contributed by atoms with Crippen LogP contribution in [0.4, 0.5) is 0 Å². The van der Waals surface area contributed by atoms with E-state index in [1.165, 1.54) is 12.1 Å². The predicted molar refractivity (Wildman–Crippen MR) is 67.0 cm³/mol. The zero-order chi connectivity index (χ0) is 13.0. The van der Waals surface area contributed by atoms with Crippen molar-refractivity contribution in [1.82, 2.24) is 4.98 Å². The monoisotopic (exact) mass is 263 g/mol. The van der Waals surface area contributed by atoms with E-state index in [1.54, 1.807) is 0 Å². The summed E-state index contributed by atoms with van der Waals surface area (Å²) in [6, 6.07) is 12.4. The average Bonchev–Trinajstić information content (AvgIpc) is 2.38. The molecule has 0 bridgehead atoms. The quantitative estimate of drug-likeness (QED) is 0.862. The van der Waals surface area contributed by atoms with Crippen molar-refractivity contribution in [2.75, 3.05) is 0 Å². The van der Waals surface area contributed by atoms with E-state index in [0.29, 0.717) is 12.4 Å². The van der Waals surface area contributed by atoms with Gasteiger partial charge in [-0.3, -0.25) is 0 Å². The van der Waals surface area contributed by atoms with Crippen LogP contribution in [-0.4, -0.2) is 16.1 Å². The van der Waals surface area contributed by atoms with Gasteiger partial charge >= 0.3 is 5.97 Å². The molecular weight excluding hydrogens is 254 g/mol. The first-order valence-electron chi connectivity index (χ1n) is 5.23. The fourth-order valence-corrected chi connectivity index (χ4v) is 1.59. The van der Waals surface area contributed by atoms with Crippen LogP contribution in [0.2, 0.25) is 5.15 Å². The fraction of sp³-hybridized carbons (Fsp3) is 0.0769. The summed E-state index contributed by atoms with van der Waals surface area (Å²) >= 11 is 5.84. The van der Waals surface area contributed by atoms with Gasteiger partial charge in [-0.2, -0.15) is 0 Å². The number of aromatic carboxylic acids is 1. The van der Waals surface area contributed by atoms with Crippen molar-refractivity contribution in [3.63, 3.8) is 0 Å². The van der Waals surface area contributed by atoms with Gasteiger partial charge in [0.1, 0.15) is 12.3 Å². The molecule has 2 rings (SSSR count). The molecule has 5 heteroatoms. The van der Waals surface area contributed by atoms with Crippen molar-refractivity contribution in [2.45, 2.75) is 6.61 Å². The van der Waals surface area contributed by atoms with Crippen molar-refractivity contribution < 1.29 is 14.6 Å². The van der Waals surface area contributed by atoms with E-state index in [9.17, 15) is 4.79 Å². The minimum absolute atomic E-state index is 0.0471. The van der Waals surface area contributed by atoms with E-state index in [2.05, 4.69) is 4.98 Å². The third-order valence-electron chi connectivity index (χ3n) is 2.27. The number of nitrogens with zero attached hydrogens (tertiary/aromatic N) is 1. The SMILES string of the molecule is O=C(O)c1ccc(OCc2ccccc2)c(Cl)n1. The van der Waals surface area contributed by atoms with Crippen LogP contribution in [0.5, 0.6) is 5.75 Å². The summed E-state index contributed by atoms with van der Waals surface area (Å²) in [7, 11) is 0. The van der Waals surface area contributed by atoms with Crippen LogP contribution in [0.25, 0.3) is 0 Å². The van der Waals surface area contributed by atoms with Gasteiger partial charge in [0, 0.05) is 0 Å². The molecular formula is C13H10ClNO3. The van der Waals surface area contributed by atoms with Gasteiger partial charge in [-0.05, 0) is 17.7 Å². The van der Waals surface area contributed by atoms with E-state index in [4.69, 9.17) is 21.4 Å². The number of benzene rings is 1. The van der Waals surface area contributed by atoms with E-state index in [0.717, 1.165) is 5.56 Å². The Kier molecular flexibility index (Phi) is 3.79. The minimum atomic E-state index is -1.12. The van der Waals surface area contributed by atoms with Crippen molar-refractivity contribution in [2.24, 2.45) is 0 Å². The predicted octanol–water partition coefficient (Wildman–Crippen LogP) is 3.01. The fourth-order valence-electron chi connectivity index (χ4n) is 1.38. The lowest BCUT2D eigenvalue weighted by Crippen LogP contribution is -2.02. The number of pyridine rings is 1. The first-order chi connectivity index (χ1) is 8.66. The number of aromatic nitrogens is 1. The number of hydrogen-bond donors (Lipinski definition) is 1. The summed E-state index contributed by atoms with van der Waals surface area (Å²) in [5.41, 5.74) is 0.892. The van der Waals surface area contributed by atoms with Crippen molar-refractivity contribution in [3.8, 4) is 5.75 Å². The topological polar surface area (TPSA) is 59.4 Å². The number of carboxylic acid groups (broad SMARTS) is 1. The second-order valence-corrected chi connectivity index (χ2v) is 3.92. The highest BCUT2D eigenvalue weighted by molar-refractivity contribution is 6.31. The number of rotatable bonds is 4. The standard InChI is InChI=1S/C13H10ClNO3/c14-12-11(7-6-10(15-12)13(16)17)18-8-9-4-2-1-3-5-9/h1-7H,8H2,(H,16,17). The van der Waals surface area contributed by atoms with Gasteiger partial charge in [0.25, 0.3) is 0 Å². The molecule has 1 aromatic carbocycles. The third-order valence-corrected chi connectivity index (χ3v) is 2.54. The van der Waals surface area contributed by atoms with E-state index >= 15 is 0 Å². The Morgan fingerprint density at radius 3 is 2.56 bits per heavy atom. The van der Waals surface area contributed by atoms with Crippen LogP contribution < -0.4 is 4.74 Å². The molecule has 0 aliphatic heterocycles. The highest BCUT2D eigenvalue weighted by Crippen LogP contribution is 2.23. The summed E-state index contributed by atoms with van der Waals surface area (Å²) in [5, 5.41) is 8.79. The van der Waals surface area contributed by atoms with Crippen molar-refractivity contribution in [1.29, 1.82) is 0 Å². The summed E-state index contributed by atoms with van der Waals surface area (Å²) in [4.78, 5) is 14.4. The van der Waals surface area contributed by atoms with Gasteiger partial charge in [0.05, 0.1) is 0 Å². The summed E-state index contributed by atoms with van der Waals surface area (Å²) < 4.78 is 5.47. The summed E-state index contributed by atoms with van der Waals surface area (Å²) in [6.07, 6.45) is 0. The van der Waals surface area contributed by atoms with E-state index in [-0.39, 0.29) is 10.8 Å². The lowest BCUT2D eigenvalue weighted by atomic mass is 10.2. The molecule has 92 valence electrons. The Bertz CT molecular complexity index is 557. The minimum Gasteiger partial charge on any atom is -0.486 e. The second-order valence-electron chi connectivity index (χ2n) is 3.56. The number of hydrogen-bond acceptors (Lipinski definition) is 3. The number of halogens is 1. The lowest BCUT2D eigenvalue weighted by molar-refractivity contribution is 0.0690. The smallest absolute Gasteiger partial charge is 0.354 e. The zero-order valence-electron chi connectivity index (χ0n) is 9.34. The van der Waals surface area contributed by atoms with Gasteiger partial charge in [0.2, 0.25) is 0 Å². The van der Waals surface area contributed by atoms with Crippen LogP contribution >= 0.6 is 11.6 Å². The molecule has 0 spiro atoms. The normalized spacial score (nSPS) is 10.1. The van der Waals surface area contributed by atoms with Gasteiger partial charge in [0.15, 0.2) is 10.9 Å². The first-order valence-corrected chi connectivity index (χ1v) is 5.61. The maximum atomic E-state index is 10.7. The van der Waals surface area contributed by atoms with Gasteiger partial charge < -0.3 is 9.84 Å². The molecule has 0 unspecified atom stereocenters. The van der Waals surface area contributed by atoms with Crippen LogP contribution in [0, 0.1) is 0 Å². The van der Waals surface area contributed by atoms with Crippen LogP contribution in [0.15, 0.2) is 42.5 Å². The molecule has 0 aliphatic carbocycles. The van der Waals surface area contributed by atoms with Gasteiger partial charge in [-0.25, -0.2) is 9.78 Å². The molecule has 0 radical (unpaired) electrons. The highest BCUT2D eigenvalue weighted by Gasteiger charge is 2.09. The molecule has 1 N–H and O–H groups in total. The Balaban J connectivity index is 2.08. The Hall–Kier alpha value is -2.07. The number of carbonyl (C=O) groups is 1. The first kappa shape index (κ1) is 12.4. The number of ether oxygens (including phenoxy) is 1. The van der Waals surface area contributed by atoms with E-state index < -0.39 is 5.97 Å². The van der Waals surface area contributed by atoms with Crippen LogP contribution in [0.3, 0.4) is 0 Å². The average molecular weight is 264 g/mol. The molecule has 0 amide bonds. The molecule has 18 heavy (non-hydrogen) atoms. The van der Waals surface area contributed by atoms with Crippen LogP contribution in [0.1, 0.15) is 16.1 Å². The lowest BCUT2D eigenvalue weighted by Gasteiger charge is -2.07.